The van der Waals surface area contributed by atoms with Crippen molar-refractivity contribution in [3.8, 4) is 0 Å². The Bertz CT molecular complexity index is 1340. The zero-order valence-electron chi connectivity index (χ0n) is 17.8. The maximum Gasteiger partial charge on any atom is 0.327 e. The predicted octanol–water partition coefficient (Wildman–Crippen LogP) is 3.31. The summed E-state index contributed by atoms with van der Waals surface area (Å²) < 4.78 is 30.4. The average Bonchev–Trinajstić information content (AvgIpc) is 3.03. The predicted molar refractivity (Wildman–Crippen MR) is 127 cm³/mol. The third-order valence-electron chi connectivity index (χ3n) is 4.95. The summed E-state index contributed by atoms with van der Waals surface area (Å²) in [6.45, 7) is -1.43. The lowest BCUT2D eigenvalue weighted by Gasteiger charge is -2.14. The Morgan fingerprint density at radius 1 is 0.912 bits per heavy atom. The first-order chi connectivity index (χ1) is 16.4. The van der Waals surface area contributed by atoms with Gasteiger partial charge in [-0.05, 0) is 29.8 Å². The number of nitrogens with zero attached hydrogens (tertiary/aromatic N) is 1. The molecule has 0 fully saturated rings. The van der Waals surface area contributed by atoms with E-state index in [0.29, 0.717) is 15.7 Å². The molecule has 1 aliphatic rings. The number of amides is 2. The van der Waals surface area contributed by atoms with Gasteiger partial charge in [-0.15, -0.1) is 11.8 Å². The molecule has 0 bridgehead atoms. The molecule has 0 atom stereocenters. The smallest absolute Gasteiger partial charge is 0.327 e. The van der Waals surface area contributed by atoms with Crippen molar-refractivity contribution in [3.63, 3.8) is 0 Å². The van der Waals surface area contributed by atoms with E-state index in [1.165, 1.54) is 24.3 Å². The van der Waals surface area contributed by atoms with E-state index < -0.39 is 41.0 Å². The molecule has 8 nitrogen and oxygen atoms in total. The highest BCUT2D eigenvalue weighted by atomic mass is 32.2. The molecule has 174 valence electrons. The van der Waals surface area contributed by atoms with E-state index in [1.54, 1.807) is 23.9 Å². The summed E-state index contributed by atoms with van der Waals surface area (Å²) in [4.78, 5) is 37.6. The average molecular weight is 497 g/mol. The number of para-hydroxylation sites is 1. The number of nitrogens with one attached hydrogen (secondary N) is 1. The van der Waals surface area contributed by atoms with Gasteiger partial charge in [0.1, 0.15) is 11.4 Å². The van der Waals surface area contributed by atoms with E-state index in [1.807, 2.05) is 42.5 Å². The van der Waals surface area contributed by atoms with Crippen molar-refractivity contribution in [1.29, 1.82) is 0 Å². The minimum Gasteiger partial charge on any atom is -0.454 e. The molecule has 3 aromatic rings. The van der Waals surface area contributed by atoms with Crippen molar-refractivity contribution in [2.45, 2.75) is 15.5 Å². The lowest BCUT2D eigenvalue weighted by atomic mass is 10.2. The number of hydrogen-bond acceptors (Lipinski definition) is 7. The van der Waals surface area contributed by atoms with Crippen LogP contribution in [0.15, 0.2) is 88.7 Å². The highest BCUT2D eigenvalue weighted by molar-refractivity contribution is 7.98. The van der Waals surface area contributed by atoms with Gasteiger partial charge in [-0.3, -0.25) is 14.4 Å². The van der Waals surface area contributed by atoms with Crippen LogP contribution in [0.5, 0.6) is 0 Å². The summed E-state index contributed by atoms with van der Waals surface area (Å²) in [6, 6.07) is 22.8. The van der Waals surface area contributed by atoms with E-state index >= 15 is 0 Å². The number of benzene rings is 3. The van der Waals surface area contributed by atoms with Crippen LogP contribution in [0, 0.1) is 0 Å². The Morgan fingerprint density at radius 2 is 1.59 bits per heavy atom. The standard InChI is InChI=1S/C24H20N2O6S2/c27-22(25-19-11-5-6-12-20(19)33-16-17-8-2-1-3-9-17)15-32-23(28)14-26-24(29)18-10-4-7-13-21(18)34(26,30)31/h1-13H,14-16H2,(H,25,27). The highest BCUT2D eigenvalue weighted by Gasteiger charge is 2.42. The lowest BCUT2D eigenvalue weighted by molar-refractivity contribution is -0.147. The molecule has 3 aromatic carbocycles. The largest absolute Gasteiger partial charge is 0.454 e. The van der Waals surface area contributed by atoms with Gasteiger partial charge in [-0.25, -0.2) is 12.7 Å². The normalized spacial score (nSPS) is 13.9. The molecule has 34 heavy (non-hydrogen) atoms. The second kappa shape index (κ2) is 10.1. The van der Waals surface area contributed by atoms with Crippen LogP contribution in [0.1, 0.15) is 15.9 Å². The molecule has 2 amide bonds. The van der Waals surface area contributed by atoms with Crippen molar-refractivity contribution in [2.24, 2.45) is 0 Å². The van der Waals surface area contributed by atoms with Crippen LogP contribution in [0.2, 0.25) is 0 Å². The number of rotatable bonds is 8. The van der Waals surface area contributed by atoms with Crippen molar-refractivity contribution < 1.29 is 27.5 Å². The van der Waals surface area contributed by atoms with Crippen LogP contribution in [0.3, 0.4) is 0 Å². The first-order valence-corrected chi connectivity index (χ1v) is 12.7. The topological polar surface area (TPSA) is 110 Å². The van der Waals surface area contributed by atoms with E-state index in [0.717, 1.165) is 10.5 Å². The van der Waals surface area contributed by atoms with Gasteiger partial charge in [-0.2, -0.15) is 0 Å². The SMILES string of the molecule is O=C(COC(=O)CN1C(=O)c2ccccc2S1(=O)=O)Nc1ccccc1SCc1ccccc1. The fraction of sp³-hybridized carbons (Fsp3) is 0.125. The molecule has 0 radical (unpaired) electrons. The van der Waals surface area contributed by atoms with Gasteiger partial charge in [-0.1, -0.05) is 54.6 Å². The Hall–Kier alpha value is -3.63. The maximum atomic E-state index is 12.5. The molecular formula is C24H20N2O6S2. The van der Waals surface area contributed by atoms with Crippen LogP contribution in [-0.2, 0) is 30.1 Å². The van der Waals surface area contributed by atoms with Crippen molar-refractivity contribution in [1.82, 2.24) is 4.31 Å². The zero-order chi connectivity index (χ0) is 24.1. The number of esters is 1. The van der Waals surface area contributed by atoms with E-state index in [4.69, 9.17) is 4.74 Å². The maximum absolute atomic E-state index is 12.5. The quantitative estimate of drug-likeness (QED) is 0.376. The van der Waals surface area contributed by atoms with E-state index in [9.17, 15) is 22.8 Å². The Kier molecular flexibility index (Phi) is 6.99. The molecule has 1 aliphatic heterocycles. The first kappa shape index (κ1) is 23.5. The molecular weight excluding hydrogens is 476 g/mol. The first-order valence-electron chi connectivity index (χ1n) is 10.2. The second-order valence-corrected chi connectivity index (χ2v) is 10.1. The van der Waals surface area contributed by atoms with Crippen LogP contribution >= 0.6 is 11.8 Å². The minimum absolute atomic E-state index is 0.00217. The third-order valence-corrected chi connectivity index (χ3v) is 7.88. The van der Waals surface area contributed by atoms with E-state index in [-0.39, 0.29) is 10.5 Å². The molecule has 10 heteroatoms. The summed E-state index contributed by atoms with van der Waals surface area (Å²) in [5, 5.41) is 2.70. The number of thioether (sulfide) groups is 1. The molecule has 0 aromatic heterocycles. The summed E-state index contributed by atoms with van der Waals surface area (Å²) in [5.41, 5.74) is 1.70. The van der Waals surface area contributed by atoms with Crippen LogP contribution in [0.4, 0.5) is 5.69 Å². The fourth-order valence-corrected chi connectivity index (χ4v) is 5.79. The number of carbonyl (C=O) groups is 3. The van der Waals surface area contributed by atoms with Gasteiger partial charge in [0, 0.05) is 10.6 Å². The van der Waals surface area contributed by atoms with E-state index in [2.05, 4.69) is 5.32 Å². The summed E-state index contributed by atoms with van der Waals surface area (Å²) in [6.07, 6.45) is 0. The van der Waals surface area contributed by atoms with Gasteiger partial charge >= 0.3 is 5.97 Å². The Labute approximate surface area is 201 Å². The van der Waals surface area contributed by atoms with Gasteiger partial charge in [0.05, 0.1) is 11.3 Å². The molecule has 0 unspecified atom stereocenters. The minimum atomic E-state index is -4.13. The van der Waals surface area contributed by atoms with Gasteiger partial charge < -0.3 is 10.1 Å². The van der Waals surface area contributed by atoms with Crippen LogP contribution in [0.25, 0.3) is 0 Å². The number of anilines is 1. The number of fused-ring (bicyclic) bond motifs is 1. The Balaban J connectivity index is 1.32. The summed E-state index contributed by atoms with van der Waals surface area (Å²) in [7, 11) is -4.13. The lowest BCUT2D eigenvalue weighted by Crippen LogP contribution is -2.36. The van der Waals surface area contributed by atoms with Gasteiger partial charge in [0.25, 0.3) is 21.8 Å². The zero-order valence-corrected chi connectivity index (χ0v) is 19.5. The van der Waals surface area contributed by atoms with Gasteiger partial charge in [0.15, 0.2) is 6.61 Å². The van der Waals surface area contributed by atoms with Crippen LogP contribution in [-0.4, -0.2) is 43.7 Å². The molecule has 1 N–H and O–H groups in total. The molecule has 0 saturated carbocycles. The van der Waals surface area contributed by atoms with Crippen molar-refractivity contribution >= 4 is 45.3 Å². The molecule has 0 saturated heterocycles. The van der Waals surface area contributed by atoms with Gasteiger partial charge in [0.2, 0.25) is 0 Å². The van der Waals surface area contributed by atoms with Crippen molar-refractivity contribution in [3.05, 3.63) is 90.0 Å². The molecule has 4 rings (SSSR count). The van der Waals surface area contributed by atoms with Crippen molar-refractivity contribution in [2.75, 3.05) is 18.5 Å². The second-order valence-electron chi connectivity index (χ2n) is 7.29. The molecule has 1 heterocycles. The number of hydrogen-bond donors (Lipinski definition) is 1. The fourth-order valence-electron chi connectivity index (χ4n) is 3.31. The number of carbonyl (C=O) groups excluding carboxylic acids is 3. The van der Waals surface area contributed by atoms with Crippen LogP contribution < -0.4 is 5.32 Å². The number of sulfonamides is 1. The molecule has 0 aliphatic carbocycles. The molecule has 0 spiro atoms. The number of ether oxygens (including phenoxy) is 1. The summed E-state index contributed by atoms with van der Waals surface area (Å²) in [5.74, 6) is -1.68. The monoisotopic (exact) mass is 496 g/mol. The third kappa shape index (κ3) is 5.13. The Morgan fingerprint density at radius 3 is 2.35 bits per heavy atom. The summed E-state index contributed by atoms with van der Waals surface area (Å²) >= 11 is 1.55. The highest BCUT2D eigenvalue weighted by Crippen LogP contribution is 2.30.